The van der Waals surface area contributed by atoms with Crippen molar-refractivity contribution in [1.29, 1.82) is 0 Å². The summed E-state index contributed by atoms with van der Waals surface area (Å²) in [5.74, 6) is 0.376. The van der Waals surface area contributed by atoms with Gasteiger partial charge in [-0.25, -0.2) is 8.42 Å². The molecule has 2 aromatic carbocycles. The summed E-state index contributed by atoms with van der Waals surface area (Å²) in [5, 5.41) is 3.03. The molecule has 1 heterocycles. The van der Waals surface area contributed by atoms with Crippen LogP contribution in [-0.2, 0) is 14.8 Å². The molecule has 28 heavy (non-hydrogen) atoms. The lowest BCUT2D eigenvalue weighted by atomic mass is 9.96. The molecule has 0 bridgehead atoms. The Morgan fingerprint density at radius 2 is 1.61 bits per heavy atom. The van der Waals surface area contributed by atoms with Gasteiger partial charge in [0.05, 0.1) is 12.0 Å². The molecule has 1 amide bonds. The summed E-state index contributed by atoms with van der Waals surface area (Å²) in [5.41, 5.74) is 2.89. The molecule has 0 unspecified atom stereocenters. The van der Waals surface area contributed by atoms with Crippen molar-refractivity contribution in [2.45, 2.75) is 31.6 Å². The van der Waals surface area contributed by atoms with E-state index in [9.17, 15) is 13.2 Å². The molecule has 7 heteroatoms. The van der Waals surface area contributed by atoms with Crippen LogP contribution in [-0.4, -0.2) is 38.8 Å². The van der Waals surface area contributed by atoms with E-state index in [1.54, 1.807) is 24.3 Å². The fourth-order valence-corrected chi connectivity index (χ4v) is 4.96. The van der Waals surface area contributed by atoms with E-state index in [1.807, 2.05) is 32.0 Å². The third-order valence-corrected chi connectivity index (χ3v) is 7.16. The van der Waals surface area contributed by atoms with Crippen LogP contribution in [0.15, 0.2) is 47.4 Å². The molecule has 1 aliphatic rings. The molecule has 1 N–H and O–H groups in total. The number of sulfonamides is 1. The summed E-state index contributed by atoms with van der Waals surface area (Å²) < 4.78 is 32.2. The summed E-state index contributed by atoms with van der Waals surface area (Å²) in [6, 6.07) is 12.3. The maximum atomic E-state index is 12.8. The van der Waals surface area contributed by atoms with Crippen LogP contribution < -0.4 is 10.1 Å². The van der Waals surface area contributed by atoms with Crippen molar-refractivity contribution in [2.24, 2.45) is 5.92 Å². The average Bonchev–Trinajstić information content (AvgIpc) is 2.71. The van der Waals surface area contributed by atoms with Crippen LogP contribution in [0.2, 0.25) is 0 Å². The van der Waals surface area contributed by atoms with E-state index in [-0.39, 0.29) is 16.7 Å². The normalized spacial score (nSPS) is 16.0. The number of anilines is 1. The van der Waals surface area contributed by atoms with Crippen molar-refractivity contribution in [1.82, 2.24) is 4.31 Å². The van der Waals surface area contributed by atoms with Crippen molar-refractivity contribution in [2.75, 3.05) is 25.5 Å². The van der Waals surface area contributed by atoms with Crippen LogP contribution >= 0.6 is 0 Å². The zero-order valence-electron chi connectivity index (χ0n) is 16.4. The summed E-state index contributed by atoms with van der Waals surface area (Å²) >= 11 is 0. The highest BCUT2D eigenvalue weighted by molar-refractivity contribution is 7.89. The van der Waals surface area contributed by atoms with Crippen LogP contribution in [0.5, 0.6) is 5.75 Å². The first-order valence-corrected chi connectivity index (χ1v) is 10.8. The standard InChI is InChI=1S/C21H26N2O4S/c1-15-5-4-6-16(2)20(15)22-21(24)17-11-13-23(14-12-17)28(25,26)19-9-7-18(27-3)8-10-19/h4-10,17H,11-14H2,1-3H3,(H,22,24). The quantitative estimate of drug-likeness (QED) is 0.832. The molecule has 150 valence electrons. The third kappa shape index (κ3) is 4.20. The number of rotatable bonds is 5. The Morgan fingerprint density at radius 3 is 2.14 bits per heavy atom. The van der Waals surface area contributed by atoms with Crippen molar-refractivity contribution in [3.8, 4) is 5.75 Å². The fourth-order valence-electron chi connectivity index (χ4n) is 3.49. The number of amides is 1. The number of hydrogen-bond donors (Lipinski definition) is 1. The monoisotopic (exact) mass is 402 g/mol. The first-order chi connectivity index (χ1) is 13.3. The molecule has 0 radical (unpaired) electrons. The number of nitrogens with zero attached hydrogens (tertiary/aromatic N) is 1. The van der Waals surface area contributed by atoms with Gasteiger partial charge >= 0.3 is 0 Å². The molecule has 6 nitrogen and oxygen atoms in total. The molecule has 0 aromatic heterocycles. The van der Waals surface area contributed by atoms with Crippen LogP contribution in [0.25, 0.3) is 0 Å². The summed E-state index contributed by atoms with van der Waals surface area (Å²) in [7, 11) is -2.02. The summed E-state index contributed by atoms with van der Waals surface area (Å²) in [6.07, 6.45) is 1.01. The number of carbonyl (C=O) groups is 1. The van der Waals surface area contributed by atoms with Gasteiger partial charge in [0.1, 0.15) is 5.75 Å². The van der Waals surface area contributed by atoms with Gasteiger partial charge in [0.15, 0.2) is 0 Å². The molecule has 0 saturated carbocycles. The lowest BCUT2D eigenvalue weighted by Gasteiger charge is -2.30. The van der Waals surface area contributed by atoms with Crippen molar-refractivity contribution in [3.05, 3.63) is 53.6 Å². The van der Waals surface area contributed by atoms with E-state index in [0.717, 1.165) is 16.8 Å². The minimum absolute atomic E-state index is 0.0427. The predicted octanol–water partition coefficient (Wildman–Crippen LogP) is 3.35. The Balaban J connectivity index is 1.64. The van der Waals surface area contributed by atoms with E-state index in [2.05, 4.69) is 5.32 Å². The number of nitrogens with one attached hydrogen (secondary N) is 1. The zero-order chi connectivity index (χ0) is 20.3. The van der Waals surface area contributed by atoms with Crippen molar-refractivity contribution >= 4 is 21.6 Å². The number of benzene rings is 2. The Kier molecular flexibility index (Phi) is 6.05. The molecule has 0 atom stereocenters. The van der Waals surface area contributed by atoms with Gasteiger partial charge in [0.2, 0.25) is 15.9 Å². The second kappa shape index (κ2) is 8.32. The van der Waals surface area contributed by atoms with Crippen molar-refractivity contribution in [3.63, 3.8) is 0 Å². The lowest BCUT2D eigenvalue weighted by Crippen LogP contribution is -2.41. The Hall–Kier alpha value is -2.38. The molecule has 0 aliphatic carbocycles. The first kappa shape index (κ1) is 20.4. The van der Waals surface area contributed by atoms with Crippen LogP contribution in [0.4, 0.5) is 5.69 Å². The average molecular weight is 403 g/mol. The van der Waals surface area contributed by atoms with E-state index >= 15 is 0 Å². The topological polar surface area (TPSA) is 75.7 Å². The van der Waals surface area contributed by atoms with E-state index < -0.39 is 10.0 Å². The summed E-state index contributed by atoms with van der Waals surface area (Å²) in [4.78, 5) is 12.9. The lowest BCUT2D eigenvalue weighted by molar-refractivity contribution is -0.120. The van der Waals surface area contributed by atoms with Gasteiger partial charge in [-0.2, -0.15) is 4.31 Å². The predicted molar refractivity (Wildman–Crippen MR) is 109 cm³/mol. The Morgan fingerprint density at radius 1 is 1.04 bits per heavy atom. The molecule has 1 aliphatic heterocycles. The Labute approximate surface area is 166 Å². The molecular formula is C21H26N2O4S. The minimum Gasteiger partial charge on any atom is -0.497 e. The second-order valence-electron chi connectivity index (χ2n) is 7.11. The molecular weight excluding hydrogens is 376 g/mol. The number of methoxy groups -OCH3 is 1. The highest BCUT2D eigenvalue weighted by Crippen LogP contribution is 2.27. The molecule has 1 fully saturated rings. The van der Waals surface area contributed by atoms with Crippen LogP contribution in [0.1, 0.15) is 24.0 Å². The van der Waals surface area contributed by atoms with Gasteiger partial charge in [-0.3, -0.25) is 4.79 Å². The number of para-hydroxylation sites is 1. The van der Waals surface area contributed by atoms with Crippen LogP contribution in [0.3, 0.4) is 0 Å². The maximum absolute atomic E-state index is 12.8. The SMILES string of the molecule is COc1ccc(S(=O)(=O)N2CCC(C(=O)Nc3c(C)cccc3C)CC2)cc1. The number of ether oxygens (including phenoxy) is 1. The van der Waals surface area contributed by atoms with E-state index in [0.29, 0.717) is 31.7 Å². The van der Waals surface area contributed by atoms with Gasteiger partial charge in [0, 0.05) is 24.7 Å². The highest BCUT2D eigenvalue weighted by atomic mass is 32.2. The smallest absolute Gasteiger partial charge is 0.243 e. The molecule has 1 saturated heterocycles. The third-order valence-electron chi connectivity index (χ3n) is 5.25. The van der Waals surface area contributed by atoms with Gasteiger partial charge < -0.3 is 10.1 Å². The number of piperidine rings is 1. The summed E-state index contributed by atoms with van der Waals surface area (Å²) in [6.45, 7) is 4.59. The first-order valence-electron chi connectivity index (χ1n) is 9.34. The Bertz CT molecular complexity index is 927. The number of aryl methyl sites for hydroxylation is 2. The molecule has 3 rings (SSSR count). The number of hydrogen-bond acceptors (Lipinski definition) is 4. The number of carbonyl (C=O) groups excluding carboxylic acids is 1. The molecule has 0 spiro atoms. The second-order valence-corrected chi connectivity index (χ2v) is 9.05. The zero-order valence-corrected chi connectivity index (χ0v) is 17.3. The maximum Gasteiger partial charge on any atom is 0.243 e. The van der Waals surface area contributed by atoms with Gasteiger partial charge in [0.25, 0.3) is 0 Å². The highest BCUT2D eigenvalue weighted by Gasteiger charge is 2.32. The van der Waals surface area contributed by atoms with Crippen molar-refractivity contribution < 1.29 is 17.9 Å². The van der Waals surface area contributed by atoms with E-state index in [4.69, 9.17) is 4.74 Å². The van der Waals surface area contributed by atoms with Gasteiger partial charge in [-0.15, -0.1) is 0 Å². The largest absolute Gasteiger partial charge is 0.497 e. The van der Waals surface area contributed by atoms with Gasteiger partial charge in [-0.05, 0) is 62.1 Å². The van der Waals surface area contributed by atoms with E-state index in [1.165, 1.54) is 11.4 Å². The van der Waals surface area contributed by atoms with Gasteiger partial charge in [-0.1, -0.05) is 18.2 Å². The molecule has 2 aromatic rings. The fraction of sp³-hybridized carbons (Fsp3) is 0.381. The minimum atomic E-state index is -3.56. The van der Waals surface area contributed by atoms with Crippen LogP contribution in [0, 0.1) is 19.8 Å².